The van der Waals surface area contributed by atoms with Crippen LogP contribution in [0.5, 0.6) is 0 Å². The second-order valence-corrected chi connectivity index (χ2v) is 6.62. The topological polar surface area (TPSA) is 55.1 Å². The maximum absolute atomic E-state index is 12.3. The van der Waals surface area contributed by atoms with Crippen molar-refractivity contribution in [3.05, 3.63) is 57.2 Å². The maximum atomic E-state index is 12.3. The first-order chi connectivity index (χ1) is 10.9. The smallest absolute Gasteiger partial charge is 0.230 e. The van der Waals surface area contributed by atoms with Gasteiger partial charge in [-0.3, -0.25) is 4.79 Å². The molecule has 2 aromatic carbocycles. The average Bonchev–Trinajstić information content (AvgIpc) is 2.85. The monoisotopic (exact) mass is 372 g/mol. The third kappa shape index (κ3) is 3.29. The molecular formula is C18H17BrN2O2. The van der Waals surface area contributed by atoms with Crippen molar-refractivity contribution < 1.29 is 9.32 Å². The molecular weight excluding hydrogens is 356 g/mol. The van der Waals surface area contributed by atoms with Crippen molar-refractivity contribution in [1.82, 2.24) is 5.16 Å². The van der Waals surface area contributed by atoms with Crippen molar-refractivity contribution in [1.29, 1.82) is 0 Å². The van der Waals surface area contributed by atoms with Gasteiger partial charge in [0.15, 0.2) is 5.58 Å². The Hall–Kier alpha value is -2.14. The molecule has 0 radical (unpaired) electrons. The van der Waals surface area contributed by atoms with Crippen LogP contribution in [0.15, 0.2) is 39.3 Å². The quantitative estimate of drug-likeness (QED) is 0.724. The number of carbonyl (C=O) groups excluding carboxylic acids is 1. The number of anilines is 1. The zero-order valence-corrected chi connectivity index (χ0v) is 14.8. The molecule has 0 aliphatic heterocycles. The Balaban J connectivity index is 1.81. The van der Waals surface area contributed by atoms with Gasteiger partial charge in [-0.15, -0.1) is 0 Å². The summed E-state index contributed by atoms with van der Waals surface area (Å²) in [5.74, 6) is -0.122. The van der Waals surface area contributed by atoms with Crippen molar-refractivity contribution in [2.24, 2.45) is 0 Å². The van der Waals surface area contributed by atoms with Crippen molar-refractivity contribution in [2.45, 2.75) is 27.2 Å². The molecule has 23 heavy (non-hydrogen) atoms. The molecule has 0 atom stereocenters. The molecule has 1 N–H and O–H groups in total. The SMILES string of the molecule is Cc1ccc(NC(=O)Cc2noc3cc(C)c(C)cc23)c(Br)c1. The van der Waals surface area contributed by atoms with Crippen LogP contribution < -0.4 is 5.32 Å². The largest absolute Gasteiger partial charge is 0.356 e. The Morgan fingerprint density at radius 2 is 1.91 bits per heavy atom. The molecule has 3 rings (SSSR count). The minimum atomic E-state index is -0.122. The summed E-state index contributed by atoms with van der Waals surface area (Å²) in [6.07, 6.45) is 0.176. The lowest BCUT2D eigenvalue weighted by Crippen LogP contribution is -2.15. The second-order valence-electron chi connectivity index (χ2n) is 5.77. The lowest BCUT2D eigenvalue weighted by Gasteiger charge is -2.07. The molecule has 5 heteroatoms. The van der Waals surface area contributed by atoms with E-state index in [1.807, 2.05) is 51.1 Å². The van der Waals surface area contributed by atoms with E-state index in [1.54, 1.807) is 0 Å². The van der Waals surface area contributed by atoms with E-state index in [-0.39, 0.29) is 12.3 Å². The van der Waals surface area contributed by atoms with Gasteiger partial charge in [0.1, 0.15) is 5.69 Å². The van der Waals surface area contributed by atoms with Crippen LogP contribution in [-0.2, 0) is 11.2 Å². The highest BCUT2D eigenvalue weighted by Crippen LogP contribution is 2.25. The van der Waals surface area contributed by atoms with Crippen molar-refractivity contribution >= 4 is 38.5 Å². The van der Waals surface area contributed by atoms with Gasteiger partial charge in [0.25, 0.3) is 0 Å². The van der Waals surface area contributed by atoms with Gasteiger partial charge in [0, 0.05) is 9.86 Å². The zero-order chi connectivity index (χ0) is 16.6. The summed E-state index contributed by atoms with van der Waals surface area (Å²) in [6, 6.07) is 9.78. The van der Waals surface area contributed by atoms with E-state index < -0.39 is 0 Å². The molecule has 3 aromatic rings. The maximum Gasteiger partial charge on any atom is 0.230 e. The second kappa shape index (κ2) is 6.16. The summed E-state index contributed by atoms with van der Waals surface area (Å²) in [5.41, 5.74) is 5.55. The minimum absolute atomic E-state index is 0.122. The Bertz CT molecular complexity index is 899. The van der Waals surface area contributed by atoms with E-state index in [9.17, 15) is 4.79 Å². The van der Waals surface area contributed by atoms with E-state index in [4.69, 9.17) is 4.52 Å². The third-order valence-corrected chi connectivity index (χ3v) is 4.54. The highest BCUT2D eigenvalue weighted by molar-refractivity contribution is 9.10. The molecule has 0 unspecified atom stereocenters. The molecule has 1 amide bonds. The van der Waals surface area contributed by atoms with Gasteiger partial charge in [0.2, 0.25) is 5.91 Å². The van der Waals surface area contributed by atoms with Crippen LogP contribution in [0.1, 0.15) is 22.4 Å². The predicted octanol–water partition coefficient (Wildman–Crippen LogP) is 4.70. The van der Waals surface area contributed by atoms with Gasteiger partial charge < -0.3 is 9.84 Å². The van der Waals surface area contributed by atoms with E-state index >= 15 is 0 Å². The lowest BCUT2D eigenvalue weighted by atomic mass is 10.1. The molecule has 0 saturated heterocycles. The van der Waals surface area contributed by atoms with Gasteiger partial charge >= 0.3 is 0 Å². The number of fused-ring (bicyclic) bond motifs is 1. The van der Waals surface area contributed by atoms with Crippen molar-refractivity contribution in [2.75, 3.05) is 5.32 Å². The minimum Gasteiger partial charge on any atom is -0.356 e. The van der Waals surface area contributed by atoms with Crippen LogP contribution in [-0.4, -0.2) is 11.1 Å². The van der Waals surface area contributed by atoms with Gasteiger partial charge in [0.05, 0.1) is 12.1 Å². The molecule has 118 valence electrons. The lowest BCUT2D eigenvalue weighted by molar-refractivity contribution is -0.115. The summed E-state index contributed by atoms with van der Waals surface area (Å²) in [7, 11) is 0. The van der Waals surface area contributed by atoms with Crippen LogP contribution in [0, 0.1) is 20.8 Å². The molecule has 0 aliphatic carbocycles. The van der Waals surface area contributed by atoms with Crippen LogP contribution >= 0.6 is 15.9 Å². The molecule has 0 aliphatic rings. The number of aryl methyl sites for hydroxylation is 3. The number of nitrogens with zero attached hydrogens (tertiary/aromatic N) is 1. The summed E-state index contributed by atoms with van der Waals surface area (Å²) in [4.78, 5) is 12.3. The number of benzene rings is 2. The number of rotatable bonds is 3. The average molecular weight is 373 g/mol. The van der Waals surface area contributed by atoms with Gasteiger partial charge in [-0.2, -0.15) is 0 Å². The van der Waals surface area contributed by atoms with Gasteiger partial charge in [-0.25, -0.2) is 0 Å². The van der Waals surface area contributed by atoms with E-state index in [0.717, 1.165) is 32.2 Å². The summed E-state index contributed by atoms with van der Waals surface area (Å²) in [6.45, 7) is 6.07. The number of amides is 1. The van der Waals surface area contributed by atoms with Crippen molar-refractivity contribution in [3.63, 3.8) is 0 Å². The molecule has 1 aromatic heterocycles. The Kier molecular flexibility index (Phi) is 4.22. The Morgan fingerprint density at radius 3 is 2.65 bits per heavy atom. The fourth-order valence-corrected chi connectivity index (χ4v) is 3.03. The molecule has 0 bridgehead atoms. The van der Waals surface area contributed by atoms with E-state index in [2.05, 4.69) is 26.4 Å². The molecule has 0 saturated carbocycles. The van der Waals surface area contributed by atoms with Gasteiger partial charge in [-0.05, 0) is 77.7 Å². The zero-order valence-electron chi connectivity index (χ0n) is 13.2. The highest BCUT2D eigenvalue weighted by atomic mass is 79.9. The third-order valence-electron chi connectivity index (χ3n) is 3.89. The molecule has 4 nitrogen and oxygen atoms in total. The number of carbonyl (C=O) groups is 1. The summed E-state index contributed by atoms with van der Waals surface area (Å²) < 4.78 is 6.20. The number of halogens is 1. The first-order valence-corrected chi connectivity index (χ1v) is 8.15. The normalized spacial score (nSPS) is 11.0. The first kappa shape index (κ1) is 15.7. The number of hydrogen-bond acceptors (Lipinski definition) is 3. The molecule has 0 spiro atoms. The number of hydrogen-bond donors (Lipinski definition) is 1. The van der Waals surface area contributed by atoms with Crippen LogP contribution in [0.2, 0.25) is 0 Å². The highest BCUT2D eigenvalue weighted by Gasteiger charge is 2.14. The Morgan fingerprint density at radius 1 is 1.17 bits per heavy atom. The summed E-state index contributed by atoms with van der Waals surface area (Å²) >= 11 is 3.46. The van der Waals surface area contributed by atoms with Crippen LogP contribution in [0.4, 0.5) is 5.69 Å². The van der Waals surface area contributed by atoms with Gasteiger partial charge in [-0.1, -0.05) is 11.2 Å². The standard InChI is InChI=1S/C18H17BrN2O2/c1-10-4-5-15(14(19)6-10)20-18(22)9-16-13-7-11(2)12(3)8-17(13)23-21-16/h4-8H,9H2,1-3H3,(H,20,22). The Labute approximate surface area is 143 Å². The fraction of sp³-hybridized carbons (Fsp3) is 0.222. The molecule has 1 heterocycles. The van der Waals surface area contributed by atoms with E-state index in [1.165, 1.54) is 0 Å². The fourth-order valence-electron chi connectivity index (χ4n) is 2.44. The van der Waals surface area contributed by atoms with Crippen LogP contribution in [0.3, 0.4) is 0 Å². The van der Waals surface area contributed by atoms with E-state index in [0.29, 0.717) is 11.3 Å². The number of aromatic nitrogens is 1. The predicted molar refractivity (Wildman–Crippen MR) is 94.7 cm³/mol. The molecule has 0 fully saturated rings. The van der Waals surface area contributed by atoms with Crippen molar-refractivity contribution in [3.8, 4) is 0 Å². The van der Waals surface area contributed by atoms with Crippen LogP contribution in [0.25, 0.3) is 11.0 Å². The summed E-state index contributed by atoms with van der Waals surface area (Å²) in [5, 5.41) is 7.84. The first-order valence-electron chi connectivity index (χ1n) is 7.35. The number of nitrogens with one attached hydrogen (secondary N) is 1.